The largest absolute Gasteiger partial charge is 0.325 e. The van der Waals surface area contributed by atoms with Crippen molar-refractivity contribution in [1.29, 1.82) is 0 Å². The fraction of sp³-hybridized carbons (Fsp3) is 0.235. The molecule has 3 nitrogen and oxygen atoms in total. The van der Waals surface area contributed by atoms with E-state index in [0.717, 1.165) is 16.8 Å². The third-order valence-electron chi connectivity index (χ3n) is 3.24. The van der Waals surface area contributed by atoms with Gasteiger partial charge in [-0.25, -0.2) is 0 Å². The normalized spacial score (nSPS) is 12.0. The van der Waals surface area contributed by atoms with Crippen molar-refractivity contribution in [1.82, 2.24) is 5.32 Å². The van der Waals surface area contributed by atoms with Gasteiger partial charge in [0.25, 0.3) is 0 Å². The molecule has 2 rings (SSSR count). The number of benzene rings is 2. The molecule has 0 aliphatic rings. The Balaban J connectivity index is 1.88. The predicted octanol–water partition coefficient (Wildman–Crippen LogP) is 3.94. The minimum atomic E-state index is -0.0699. The van der Waals surface area contributed by atoms with Crippen molar-refractivity contribution in [3.8, 4) is 0 Å². The van der Waals surface area contributed by atoms with Crippen molar-refractivity contribution in [3.05, 3.63) is 64.7 Å². The zero-order valence-corrected chi connectivity index (χ0v) is 12.9. The highest BCUT2D eigenvalue weighted by atomic mass is 35.5. The highest BCUT2D eigenvalue weighted by Crippen LogP contribution is 2.21. The second kappa shape index (κ2) is 7.25. The van der Waals surface area contributed by atoms with Crippen molar-refractivity contribution in [2.75, 3.05) is 11.9 Å². The van der Waals surface area contributed by atoms with E-state index in [1.807, 2.05) is 62.4 Å². The van der Waals surface area contributed by atoms with E-state index in [9.17, 15) is 4.79 Å². The summed E-state index contributed by atoms with van der Waals surface area (Å²) in [6.45, 7) is 4.22. The highest BCUT2D eigenvalue weighted by Gasteiger charge is 2.10. The van der Waals surface area contributed by atoms with E-state index in [0.29, 0.717) is 5.02 Å². The van der Waals surface area contributed by atoms with Gasteiger partial charge >= 0.3 is 0 Å². The first kappa shape index (κ1) is 15.5. The van der Waals surface area contributed by atoms with Crippen LogP contribution in [0, 0.1) is 6.92 Å². The number of carbonyl (C=O) groups is 1. The summed E-state index contributed by atoms with van der Waals surface area (Å²) in [6, 6.07) is 15.4. The molecule has 0 saturated carbocycles. The molecule has 21 heavy (non-hydrogen) atoms. The molecule has 0 radical (unpaired) electrons. The number of aryl methyl sites for hydroxylation is 1. The fourth-order valence-electron chi connectivity index (χ4n) is 2.11. The van der Waals surface area contributed by atoms with E-state index in [1.54, 1.807) is 0 Å². The predicted molar refractivity (Wildman–Crippen MR) is 87.7 cm³/mol. The van der Waals surface area contributed by atoms with Crippen molar-refractivity contribution < 1.29 is 4.79 Å². The highest BCUT2D eigenvalue weighted by molar-refractivity contribution is 6.31. The standard InChI is InChI=1S/C17H19ClN2O/c1-12-6-5-7-14(10-12)20-17(21)11-19-13(2)15-8-3-4-9-16(15)18/h3-10,13,19H,11H2,1-2H3,(H,20,21). The van der Waals surface area contributed by atoms with Gasteiger partial charge in [-0.15, -0.1) is 0 Å². The lowest BCUT2D eigenvalue weighted by atomic mass is 10.1. The van der Waals surface area contributed by atoms with Gasteiger partial charge in [0.15, 0.2) is 0 Å². The Labute approximate surface area is 130 Å². The minimum absolute atomic E-state index is 0.0157. The topological polar surface area (TPSA) is 41.1 Å². The Hall–Kier alpha value is -1.84. The number of amides is 1. The number of hydrogen-bond donors (Lipinski definition) is 2. The van der Waals surface area contributed by atoms with E-state index >= 15 is 0 Å². The van der Waals surface area contributed by atoms with Gasteiger partial charge in [-0.3, -0.25) is 4.79 Å². The van der Waals surface area contributed by atoms with Gasteiger partial charge < -0.3 is 10.6 Å². The van der Waals surface area contributed by atoms with Crippen molar-refractivity contribution >= 4 is 23.2 Å². The van der Waals surface area contributed by atoms with E-state index in [-0.39, 0.29) is 18.5 Å². The Kier molecular flexibility index (Phi) is 5.37. The molecular formula is C17H19ClN2O. The number of carbonyl (C=O) groups excluding carboxylic acids is 1. The smallest absolute Gasteiger partial charge is 0.238 e. The van der Waals surface area contributed by atoms with Gasteiger partial charge in [0.2, 0.25) is 5.91 Å². The first-order chi connectivity index (χ1) is 10.1. The number of nitrogens with one attached hydrogen (secondary N) is 2. The Morgan fingerprint density at radius 2 is 1.95 bits per heavy atom. The van der Waals surface area contributed by atoms with Crippen LogP contribution in [0.15, 0.2) is 48.5 Å². The van der Waals surface area contributed by atoms with Crippen LogP contribution in [0.4, 0.5) is 5.69 Å². The van der Waals surface area contributed by atoms with Crippen molar-refractivity contribution in [3.63, 3.8) is 0 Å². The van der Waals surface area contributed by atoms with E-state index in [2.05, 4.69) is 10.6 Å². The van der Waals surface area contributed by atoms with Crippen LogP contribution >= 0.6 is 11.6 Å². The van der Waals surface area contributed by atoms with Crippen LogP contribution in [0.1, 0.15) is 24.1 Å². The van der Waals surface area contributed by atoms with Crippen LogP contribution < -0.4 is 10.6 Å². The van der Waals surface area contributed by atoms with Gasteiger partial charge in [-0.1, -0.05) is 41.9 Å². The minimum Gasteiger partial charge on any atom is -0.325 e. The molecule has 4 heteroatoms. The summed E-state index contributed by atoms with van der Waals surface area (Å²) >= 11 is 6.14. The molecule has 0 saturated heterocycles. The summed E-state index contributed by atoms with van der Waals surface area (Å²) in [5, 5.41) is 6.75. The molecule has 0 heterocycles. The molecular weight excluding hydrogens is 284 g/mol. The van der Waals surface area contributed by atoms with E-state index in [1.165, 1.54) is 0 Å². The Morgan fingerprint density at radius 3 is 2.67 bits per heavy atom. The lowest BCUT2D eigenvalue weighted by Crippen LogP contribution is -2.30. The summed E-state index contributed by atoms with van der Waals surface area (Å²) < 4.78 is 0. The maximum absolute atomic E-state index is 11.9. The molecule has 0 aromatic heterocycles. The first-order valence-corrected chi connectivity index (χ1v) is 7.28. The SMILES string of the molecule is Cc1cccc(NC(=O)CNC(C)c2ccccc2Cl)c1. The van der Waals surface area contributed by atoms with Gasteiger partial charge in [0.05, 0.1) is 6.54 Å². The zero-order chi connectivity index (χ0) is 15.2. The first-order valence-electron chi connectivity index (χ1n) is 6.90. The lowest BCUT2D eigenvalue weighted by molar-refractivity contribution is -0.115. The van der Waals surface area contributed by atoms with Crippen LogP contribution in [0.2, 0.25) is 5.02 Å². The van der Waals surface area contributed by atoms with E-state index in [4.69, 9.17) is 11.6 Å². The molecule has 1 unspecified atom stereocenters. The third-order valence-corrected chi connectivity index (χ3v) is 3.59. The Bertz CT molecular complexity index is 628. The average Bonchev–Trinajstić information content (AvgIpc) is 2.45. The molecule has 1 amide bonds. The summed E-state index contributed by atoms with van der Waals surface area (Å²) in [7, 11) is 0. The molecule has 1 atom stereocenters. The molecule has 110 valence electrons. The van der Waals surface area contributed by atoms with Gasteiger partial charge in [-0.2, -0.15) is 0 Å². The lowest BCUT2D eigenvalue weighted by Gasteiger charge is -2.15. The molecule has 0 fully saturated rings. The quantitative estimate of drug-likeness (QED) is 0.878. The molecule has 0 spiro atoms. The van der Waals surface area contributed by atoms with Crippen LogP contribution in [0.3, 0.4) is 0 Å². The zero-order valence-electron chi connectivity index (χ0n) is 12.2. The molecule has 0 aliphatic heterocycles. The molecule has 2 aromatic rings. The maximum Gasteiger partial charge on any atom is 0.238 e. The molecule has 0 bridgehead atoms. The summed E-state index contributed by atoms with van der Waals surface area (Å²) in [5.74, 6) is -0.0699. The third kappa shape index (κ3) is 4.59. The Morgan fingerprint density at radius 1 is 1.19 bits per heavy atom. The summed E-state index contributed by atoms with van der Waals surface area (Å²) in [4.78, 5) is 11.9. The van der Waals surface area contributed by atoms with Gasteiger partial charge in [0.1, 0.15) is 0 Å². The van der Waals surface area contributed by atoms with Crippen molar-refractivity contribution in [2.24, 2.45) is 0 Å². The van der Waals surface area contributed by atoms with Crippen LogP contribution in [-0.2, 0) is 4.79 Å². The van der Waals surface area contributed by atoms with E-state index < -0.39 is 0 Å². The summed E-state index contributed by atoms with van der Waals surface area (Å²) in [5.41, 5.74) is 2.92. The number of halogens is 1. The average molecular weight is 303 g/mol. The van der Waals surface area contributed by atoms with Gasteiger partial charge in [-0.05, 0) is 43.2 Å². The molecule has 2 aromatic carbocycles. The number of hydrogen-bond acceptors (Lipinski definition) is 2. The maximum atomic E-state index is 11.9. The second-order valence-electron chi connectivity index (χ2n) is 5.04. The van der Waals surface area contributed by atoms with Crippen LogP contribution in [-0.4, -0.2) is 12.5 Å². The van der Waals surface area contributed by atoms with Crippen molar-refractivity contribution in [2.45, 2.75) is 19.9 Å². The van der Waals surface area contributed by atoms with Gasteiger partial charge in [0, 0.05) is 16.8 Å². The number of anilines is 1. The van der Waals surface area contributed by atoms with Crippen LogP contribution in [0.25, 0.3) is 0 Å². The molecule has 2 N–H and O–H groups in total. The van der Waals surface area contributed by atoms with Crippen LogP contribution in [0.5, 0.6) is 0 Å². The number of rotatable bonds is 5. The monoisotopic (exact) mass is 302 g/mol. The molecule has 0 aliphatic carbocycles. The fourth-order valence-corrected chi connectivity index (χ4v) is 2.41. The second-order valence-corrected chi connectivity index (χ2v) is 5.45. The summed E-state index contributed by atoms with van der Waals surface area (Å²) in [6.07, 6.45) is 0.